The van der Waals surface area contributed by atoms with E-state index < -0.39 is 35.6 Å². The van der Waals surface area contributed by atoms with E-state index in [0.29, 0.717) is 18.5 Å². The summed E-state index contributed by atoms with van der Waals surface area (Å²) in [6, 6.07) is 7.66. The molecule has 1 aromatic carbocycles. The molecule has 32 heavy (non-hydrogen) atoms. The van der Waals surface area contributed by atoms with E-state index in [1.54, 1.807) is 19.1 Å². The molecular weight excluding hydrogens is 410 g/mol. The van der Waals surface area contributed by atoms with Crippen LogP contribution in [0.3, 0.4) is 0 Å². The van der Waals surface area contributed by atoms with Crippen LogP contribution >= 0.6 is 0 Å². The zero-order chi connectivity index (χ0) is 23.0. The van der Waals surface area contributed by atoms with Gasteiger partial charge in [-0.2, -0.15) is 0 Å². The lowest BCUT2D eigenvalue weighted by Crippen LogP contribution is -2.58. The molecular formula is C24H33N3O5. The largest absolute Gasteiger partial charge is 0.394 e. The molecule has 0 aliphatic carbocycles. The molecule has 7 atom stereocenters. The van der Waals surface area contributed by atoms with Crippen molar-refractivity contribution in [1.29, 1.82) is 0 Å². The maximum absolute atomic E-state index is 13.6. The van der Waals surface area contributed by atoms with Crippen molar-refractivity contribution in [1.82, 2.24) is 10.2 Å². The number of aliphatic hydroxyl groups excluding tert-OH is 1. The molecule has 0 radical (unpaired) electrons. The summed E-state index contributed by atoms with van der Waals surface area (Å²) in [5.74, 6) is -2.23. The number of ether oxygens (including phenoxy) is 1. The summed E-state index contributed by atoms with van der Waals surface area (Å²) >= 11 is 0. The van der Waals surface area contributed by atoms with E-state index >= 15 is 0 Å². The lowest BCUT2D eigenvalue weighted by molar-refractivity contribution is -0.144. The number of likely N-dealkylation sites (tertiary alicyclic amines) is 1. The van der Waals surface area contributed by atoms with E-state index in [9.17, 15) is 19.5 Å². The third-order valence-corrected chi connectivity index (χ3v) is 7.18. The lowest BCUT2D eigenvalue weighted by atomic mass is 9.70. The third kappa shape index (κ3) is 3.59. The molecule has 174 valence electrons. The first kappa shape index (κ1) is 22.7. The number of para-hydroxylation sites is 1. The molecule has 3 fully saturated rings. The van der Waals surface area contributed by atoms with Gasteiger partial charge in [-0.25, -0.2) is 0 Å². The van der Waals surface area contributed by atoms with Crippen molar-refractivity contribution in [2.24, 2.45) is 11.8 Å². The van der Waals surface area contributed by atoms with Crippen LogP contribution in [0, 0.1) is 11.8 Å². The molecule has 4 rings (SSSR count). The number of carbonyl (C=O) groups excluding carboxylic acids is 3. The summed E-state index contributed by atoms with van der Waals surface area (Å²) in [7, 11) is 0. The summed E-state index contributed by atoms with van der Waals surface area (Å²) < 4.78 is 6.36. The normalized spacial score (nSPS) is 32.5. The second-order valence-electron chi connectivity index (χ2n) is 9.39. The highest BCUT2D eigenvalue weighted by Crippen LogP contribution is 2.58. The Morgan fingerprint density at radius 2 is 1.97 bits per heavy atom. The summed E-state index contributed by atoms with van der Waals surface area (Å²) in [5, 5.41) is 15.8. The molecule has 0 saturated carbocycles. The van der Waals surface area contributed by atoms with Gasteiger partial charge in [-0.15, -0.1) is 0 Å². The first-order chi connectivity index (χ1) is 15.3. The second-order valence-corrected chi connectivity index (χ2v) is 9.39. The summed E-state index contributed by atoms with van der Waals surface area (Å²) in [6.45, 7) is 5.44. The number of nitrogens with zero attached hydrogens (tertiary/aromatic N) is 1. The van der Waals surface area contributed by atoms with Crippen molar-refractivity contribution in [2.45, 2.75) is 76.3 Å². The van der Waals surface area contributed by atoms with E-state index in [2.05, 4.69) is 10.6 Å². The molecule has 3 unspecified atom stereocenters. The van der Waals surface area contributed by atoms with Gasteiger partial charge in [0.1, 0.15) is 11.6 Å². The Hall–Kier alpha value is -2.45. The molecule has 2 bridgehead atoms. The van der Waals surface area contributed by atoms with Crippen LogP contribution in [0.1, 0.15) is 46.5 Å². The van der Waals surface area contributed by atoms with Crippen molar-refractivity contribution in [3.05, 3.63) is 30.3 Å². The number of aliphatic hydroxyl groups is 1. The zero-order valence-corrected chi connectivity index (χ0v) is 18.9. The average Bonchev–Trinajstić information content (AvgIpc) is 3.41. The van der Waals surface area contributed by atoms with Crippen LogP contribution in [0.4, 0.5) is 5.69 Å². The van der Waals surface area contributed by atoms with E-state index in [0.717, 1.165) is 12.8 Å². The highest BCUT2D eigenvalue weighted by Gasteiger charge is 2.74. The van der Waals surface area contributed by atoms with Crippen LogP contribution < -0.4 is 10.6 Å². The monoisotopic (exact) mass is 443 g/mol. The number of hydrogen-bond donors (Lipinski definition) is 3. The minimum absolute atomic E-state index is 0.0416. The lowest BCUT2D eigenvalue weighted by Gasteiger charge is -2.36. The number of hydrogen-bond acceptors (Lipinski definition) is 5. The molecule has 3 amide bonds. The molecule has 8 nitrogen and oxygen atoms in total. The number of nitrogens with one attached hydrogen (secondary N) is 2. The highest BCUT2D eigenvalue weighted by atomic mass is 16.5. The standard InChI is InChI=1S/C24H33N3O5/c1-4-8-14(2)25-22(30)20-24-12-11-17(32-24)18(19(24)23(31)27(20)15(3)13-28)21(29)26-16-9-6-5-7-10-16/h5-7,9-10,14-15,17-20,28H,4,8,11-13H2,1-3H3,(H,25,30)(H,26,29)/t14?,15-,17-,18+,19+,20?,24?/m1/s1. The molecule has 3 aliphatic heterocycles. The van der Waals surface area contributed by atoms with Crippen molar-refractivity contribution < 1.29 is 24.2 Å². The van der Waals surface area contributed by atoms with Gasteiger partial charge in [-0.3, -0.25) is 14.4 Å². The number of fused-ring (bicyclic) bond motifs is 1. The quantitative estimate of drug-likeness (QED) is 0.567. The number of amides is 3. The summed E-state index contributed by atoms with van der Waals surface area (Å²) in [5.41, 5.74) is -0.386. The van der Waals surface area contributed by atoms with Crippen LogP contribution in [0.5, 0.6) is 0 Å². The Bertz CT molecular complexity index is 878. The van der Waals surface area contributed by atoms with Crippen LogP contribution in [0.25, 0.3) is 0 Å². The summed E-state index contributed by atoms with van der Waals surface area (Å²) in [4.78, 5) is 41.8. The summed E-state index contributed by atoms with van der Waals surface area (Å²) in [6.07, 6.45) is 2.51. The number of anilines is 1. The average molecular weight is 444 g/mol. The van der Waals surface area contributed by atoms with Gasteiger partial charge in [0.25, 0.3) is 0 Å². The molecule has 3 N–H and O–H groups in total. The van der Waals surface area contributed by atoms with Crippen LogP contribution in [0.2, 0.25) is 0 Å². The minimum atomic E-state index is -1.04. The third-order valence-electron chi connectivity index (χ3n) is 7.18. The maximum atomic E-state index is 13.6. The van der Waals surface area contributed by atoms with Gasteiger partial charge in [0.05, 0.1) is 30.6 Å². The number of rotatable bonds is 8. The molecule has 8 heteroatoms. The SMILES string of the molecule is CCCC(C)NC(=O)C1N([C@H](C)CO)C(=O)[C@@H]2[C@@H](C(=O)Nc3ccccc3)[C@H]3CCC12O3. The topological polar surface area (TPSA) is 108 Å². The van der Waals surface area contributed by atoms with E-state index in [1.807, 2.05) is 32.0 Å². The number of carbonyl (C=O) groups is 3. The van der Waals surface area contributed by atoms with Crippen LogP contribution in [-0.4, -0.2) is 64.2 Å². The molecule has 3 heterocycles. The Morgan fingerprint density at radius 1 is 1.25 bits per heavy atom. The van der Waals surface area contributed by atoms with Gasteiger partial charge >= 0.3 is 0 Å². The zero-order valence-electron chi connectivity index (χ0n) is 18.9. The maximum Gasteiger partial charge on any atom is 0.246 e. The van der Waals surface area contributed by atoms with Gasteiger partial charge in [-0.1, -0.05) is 31.5 Å². The van der Waals surface area contributed by atoms with Gasteiger partial charge < -0.3 is 25.4 Å². The van der Waals surface area contributed by atoms with Crippen LogP contribution in [0.15, 0.2) is 30.3 Å². The van der Waals surface area contributed by atoms with Gasteiger partial charge in [0, 0.05) is 11.7 Å². The molecule has 1 aromatic rings. The number of benzene rings is 1. The molecule has 3 aliphatic rings. The van der Waals surface area contributed by atoms with Crippen molar-refractivity contribution in [3.8, 4) is 0 Å². The fourth-order valence-corrected chi connectivity index (χ4v) is 5.83. The van der Waals surface area contributed by atoms with Gasteiger partial charge in [0.15, 0.2) is 0 Å². The van der Waals surface area contributed by atoms with Crippen LogP contribution in [-0.2, 0) is 19.1 Å². The molecule has 1 spiro atoms. The fraction of sp³-hybridized carbons (Fsp3) is 0.625. The first-order valence-corrected chi connectivity index (χ1v) is 11.6. The van der Waals surface area contributed by atoms with Crippen molar-refractivity contribution >= 4 is 23.4 Å². The first-order valence-electron chi connectivity index (χ1n) is 11.6. The Kier molecular flexibility index (Phi) is 6.27. The van der Waals surface area contributed by atoms with Crippen molar-refractivity contribution in [3.63, 3.8) is 0 Å². The Morgan fingerprint density at radius 3 is 2.62 bits per heavy atom. The molecule has 0 aromatic heterocycles. The predicted octanol–water partition coefficient (Wildman–Crippen LogP) is 1.69. The Balaban J connectivity index is 1.65. The second kappa shape index (κ2) is 8.83. The van der Waals surface area contributed by atoms with E-state index in [1.165, 1.54) is 4.90 Å². The van der Waals surface area contributed by atoms with E-state index in [4.69, 9.17) is 4.74 Å². The minimum Gasteiger partial charge on any atom is -0.394 e. The Labute approximate surface area is 188 Å². The smallest absolute Gasteiger partial charge is 0.246 e. The van der Waals surface area contributed by atoms with E-state index in [-0.39, 0.29) is 30.4 Å². The van der Waals surface area contributed by atoms with Crippen molar-refractivity contribution in [2.75, 3.05) is 11.9 Å². The predicted molar refractivity (Wildman–Crippen MR) is 119 cm³/mol. The van der Waals surface area contributed by atoms with Gasteiger partial charge in [0.2, 0.25) is 17.7 Å². The fourth-order valence-electron chi connectivity index (χ4n) is 5.83. The van der Waals surface area contributed by atoms with Gasteiger partial charge in [-0.05, 0) is 45.2 Å². The highest BCUT2D eigenvalue weighted by molar-refractivity contribution is 6.02. The molecule has 3 saturated heterocycles.